The molecule has 1 amide bonds. The standard InChI is InChI=1S/C12H21NO2/c1-5-10(14)13-8-6-7-9(13)11(15)12(2,3)4/h9H,5-8H2,1-4H3/t9-/m0/s1. The smallest absolute Gasteiger partial charge is 0.222 e. The summed E-state index contributed by atoms with van der Waals surface area (Å²) < 4.78 is 0. The minimum absolute atomic E-state index is 0.107. The number of carbonyl (C=O) groups excluding carboxylic acids is 2. The van der Waals surface area contributed by atoms with E-state index in [1.165, 1.54) is 0 Å². The Kier molecular flexibility index (Phi) is 3.53. The molecular formula is C12H21NO2. The van der Waals surface area contributed by atoms with Crippen LogP contribution in [0.5, 0.6) is 0 Å². The average molecular weight is 211 g/mol. The van der Waals surface area contributed by atoms with E-state index in [0.717, 1.165) is 19.4 Å². The molecule has 3 heteroatoms. The molecule has 0 spiro atoms. The van der Waals surface area contributed by atoms with Crippen molar-refractivity contribution in [3.8, 4) is 0 Å². The maximum absolute atomic E-state index is 12.1. The van der Waals surface area contributed by atoms with Crippen molar-refractivity contribution in [3.63, 3.8) is 0 Å². The van der Waals surface area contributed by atoms with Gasteiger partial charge in [-0.2, -0.15) is 0 Å². The van der Waals surface area contributed by atoms with Crippen LogP contribution in [0.25, 0.3) is 0 Å². The Labute approximate surface area is 91.8 Å². The van der Waals surface area contributed by atoms with E-state index in [4.69, 9.17) is 0 Å². The van der Waals surface area contributed by atoms with Crippen LogP contribution in [0, 0.1) is 5.41 Å². The molecule has 86 valence electrons. The number of Topliss-reactive ketones (excluding diaryl/α,β-unsaturated/α-hetero) is 1. The highest BCUT2D eigenvalue weighted by molar-refractivity contribution is 5.92. The van der Waals surface area contributed by atoms with Crippen molar-refractivity contribution in [2.45, 2.75) is 53.0 Å². The molecule has 0 aromatic rings. The summed E-state index contributed by atoms with van der Waals surface area (Å²) in [5, 5.41) is 0. The van der Waals surface area contributed by atoms with Crippen molar-refractivity contribution in [1.82, 2.24) is 4.90 Å². The van der Waals surface area contributed by atoms with E-state index in [9.17, 15) is 9.59 Å². The Balaban J connectivity index is 2.77. The molecule has 1 atom stereocenters. The molecule has 0 aliphatic carbocycles. The van der Waals surface area contributed by atoms with Gasteiger partial charge in [0, 0.05) is 18.4 Å². The van der Waals surface area contributed by atoms with Crippen LogP contribution in [-0.2, 0) is 9.59 Å². The van der Waals surface area contributed by atoms with Crippen LogP contribution in [0.4, 0.5) is 0 Å². The second kappa shape index (κ2) is 4.33. The van der Waals surface area contributed by atoms with E-state index in [2.05, 4.69) is 0 Å². The third-order valence-electron chi connectivity index (χ3n) is 2.92. The van der Waals surface area contributed by atoms with E-state index in [1.807, 2.05) is 27.7 Å². The molecule has 1 aliphatic heterocycles. The highest BCUT2D eigenvalue weighted by atomic mass is 16.2. The zero-order valence-electron chi connectivity index (χ0n) is 10.2. The number of likely N-dealkylation sites (tertiary alicyclic amines) is 1. The predicted molar refractivity (Wildman–Crippen MR) is 59.5 cm³/mol. The topological polar surface area (TPSA) is 37.4 Å². The highest BCUT2D eigenvalue weighted by Gasteiger charge is 2.38. The fourth-order valence-electron chi connectivity index (χ4n) is 2.04. The lowest BCUT2D eigenvalue weighted by molar-refractivity contribution is -0.140. The van der Waals surface area contributed by atoms with Crippen LogP contribution in [0.2, 0.25) is 0 Å². The number of hydrogen-bond acceptors (Lipinski definition) is 2. The van der Waals surface area contributed by atoms with Crippen LogP contribution < -0.4 is 0 Å². The minimum atomic E-state index is -0.346. The maximum atomic E-state index is 12.1. The third kappa shape index (κ3) is 2.58. The number of rotatable bonds is 2. The number of nitrogens with zero attached hydrogens (tertiary/aromatic N) is 1. The molecular weight excluding hydrogens is 190 g/mol. The van der Waals surface area contributed by atoms with Crippen LogP contribution in [0.1, 0.15) is 47.0 Å². The van der Waals surface area contributed by atoms with Gasteiger partial charge >= 0.3 is 0 Å². The number of ketones is 1. The molecule has 1 heterocycles. The molecule has 1 rings (SSSR count). The summed E-state index contributed by atoms with van der Waals surface area (Å²) in [5.41, 5.74) is -0.346. The normalized spacial score (nSPS) is 21.9. The van der Waals surface area contributed by atoms with E-state index >= 15 is 0 Å². The van der Waals surface area contributed by atoms with Gasteiger partial charge in [0.05, 0.1) is 6.04 Å². The Morgan fingerprint density at radius 3 is 2.40 bits per heavy atom. The van der Waals surface area contributed by atoms with Crippen LogP contribution in [-0.4, -0.2) is 29.2 Å². The molecule has 3 nitrogen and oxygen atoms in total. The van der Waals surface area contributed by atoms with Gasteiger partial charge < -0.3 is 4.90 Å². The molecule has 1 aliphatic rings. The molecule has 0 unspecified atom stereocenters. The first-order valence-electron chi connectivity index (χ1n) is 5.71. The lowest BCUT2D eigenvalue weighted by atomic mass is 9.85. The molecule has 0 aromatic heterocycles. The summed E-state index contributed by atoms with van der Waals surface area (Å²) in [7, 11) is 0. The molecule has 0 N–H and O–H groups in total. The molecule has 0 bridgehead atoms. The molecule has 15 heavy (non-hydrogen) atoms. The largest absolute Gasteiger partial charge is 0.333 e. The zero-order valence-corrected chi connectivity index (χ0v) is 10.2. The van der Waals surface area contributed by atoms with Crippen LogP contribution in [0.15, 0.2) is 0 Å². The fourth-order valence-corrected chi connectivity index (χ4v) is 2.04. The number of amides is 1. The lowest BCUT2D eigenvalue weighted by Crippen LogP contribution is -2.44. The molecule has 1 fully saturated rings. The quantitative estimate of drug-likeness (QED) is 0.700. The van der Waals surface area contributed by atoms with E-state index < -0.39 is 0 Å². The average Bonchev–Trinajstić information content (AvgIpc) is 2.62. The first-order chi connectivity index (χ1) is 6.88. The second-order valence-corrected chi connectivity index (χ2v) is 5.21. The van der Waals surface area contributed by atoms with Gasteiger partial charge in [0.2, 0.25) is 5.91 Å². The summed E-state index contributed by atoms with van der Waals surface area (Å²) in [6.07, 6.45) is 2.29. The van der Waals surface area contributed by atoms with Crippen molar-refractivity contribution in [2.24, 2.45) is 5.41 Å². The maximum Gasteiger partial charge on any atom is 0.222 e. The van der Waals surface area contributed by atoms with Gasteiger partial charge in [-0.15, -0.1) is 0 Å². The van der Waals surface area contributed by atoms with Gasteiger partial charge in [0.15, 0.2) is 5.78 Å². The SMILES string of the molecule is CCC(=O)N1CCC[C@H]1C(=O)C(C)(C)C. The summed E-state index contributed by atoms with van der Waals surface area (Å²) in [5.74, 6) is 0.303. The summed E-state index contributed by atoms with van der Waals surface area (Å²) >= 11 is 0. The first kappa shape index (κ1) is 12.2. The highest BCUT2D eigenvalue weighted by Crippen LogP contribution is 2.26. The number of carbonyl (C=O) groups is 2. The Morgan fingerprint density at radius 2 is 1.93 bits per heavy atom. The zero-order chi connectivity index (χ0) is 11.6. The lowest BCUT2D eigenvalue weighted by Gasteiger charge is -2.28. The number of hydrogen-bond donors (Lipinski definition) is 0. The van der Waals surface area contributed by atoms with Crippen molar-refractivity contribution in [1.29, 1.82) is 0 Å². The van der Waals surface area contributed by atoms with Gasteiger partial charge in [-0.25, -0.2) is 0 Å². The Bertz CT molecular complexity index is 265. The van der Waals surface area contributed by atoms with Gasteiger partial charge in [-0.05, 0) is 12.8 Å². The van der Waals surface area contributed by atoms with Crippen molar-refractivity contribution < 1.29 is 9.59 Å². The van der Waals surface area contributed by atoms with Gasteiger partial charge in [-0.3, -0.25) is 9.59 Å². The molecule has 0 aromatic carbocycles. The molecule has 1 saturated heterocycles. The summed E-state index contributed by atoms with van der Waals surface area (Å²) in [6.45, 7) is 8.35. The summed E-state index contributed by atoms with van der Waals surface area (Å²) in [4.78, 5) is 25.5. The minimum Gasteiger partial charge on any atom is -0.333 e. The van der Waals surface area contributed by atoms with Crippen molar-refractivity contribution in [3.05, 3.63) is 0 Å². The third-order valence-corrected chi connectivity index (χ3v) is 2.92. The van der Waals surface area contributed by atoms with E-state index in [1.54, 1.807) is 4.90 Å². The Morgan fingerprint density at radius 1 is 1.33 bits per heavy atom. The van der Waals surface area contributed by atoms with Crippen LogP contribution >= 0.6 is 0 Å². The second-order valence-electron chi connectivity index (χ2n) is 5.21. The van der Waals surface area contributed by atoms with Gasteiger partial charge in [-0.1, -0.05) is 27.7 Å². The van der Waals surface area contributed by atoms with Crippen molar-refractivity contribution in [2.75, 3.05) is 6.54 Å². The van der Waals surface area contributed by atoms with E-state index in [0.29, 0.717) is 6.42 Å². The molecule has 0 saturated carbocycles. The summed E-state index contributed by atoms with van der Waals surface area (Å²) in [6, 6.07) is -0.169. The van der Waals surface area contributed by atoms with Gasteiger partial charge in [0.1, 0.15) is 0 Å². The monoisotopic (exact) mass is 211 g/mol. The Hall–Kier alpha value is -0.860. The first-order valence-corrected chi connectivity index (χ1v) is 5.71. The van der Waals surface area contributed by atoms with Crippen molar-refractivity contribution >= 4 is 11.7 Å². The van der Waals surface area contributed by atoms with Crippen LogP contribution in [0.3, 0.4) is 0 Å². The predicted octanol–water partition coefficient (Wildman–Crippen LogP) is 2.00. The molecule has 0 radical (unpaired) electrons. The van der Waals surface area contributed by atoms with E-state index in [-0.39, 0.29) is 23.1 Å². The fraction of sp³-hybridized carbons (Fsp3) is 0.833. The van der Waals surface area contributed by atoms with Gasteiger partial charge in [0.25, 0.3) is 0 Å².